The van der Waals surface area contributed by atoms with Gasteiger partial charge in [0, 0.05) is 12.1 Å². The summed E-state index contributed by atoms with van der Waals surface area (Å²) in [5, 5.41) is 8.96. The van der Waals surface area contributed by atoms with Gasteiger partial charge < -0.3 is 5.11 Å². The predicted octanol–water partition coefficient (Wildman–Crippen LogP) is 0.321. The highest BCUT2D eigenvalue weighted by molar-refractivity contribution is 7.87. The van der Waals surface area contributed by atoms with Crippen molar-refractivity contribution in [3.05, 3.63) is 0 Å². The molecular formula is C9H13F3N2O4S. The molecule has 6 nitrogen and oxygen atoms in total. The molecule has 2 saturated heterocycles. The Morgan fingerprint density at radius 2 is 2.00 bits per heavy atom. The highest BCUT2D eigenvalue weighted by Crippen LogP contribution is 2.43. The number of alkyl halides is 3. The van der Waals surface area contributed by atoms with Gasteiger partial charge in [-0.1, -0.05) is 0 Å². The normalized spacial score (nSPS) is 31.8. The molecule has 110 valence electrons. The van der Waals surface area contributed by atoms with Gasteiger partial charge in [-0.2, -0.15) is 30.6 Å². The fourth-order valence-electron chi connectivity index (χ4n) is 2.83. The van der Waals surface area contributed by atoms with Crippen LogP contribution in [0.3, 0.4) is 0 Å². The second kappa shape index (κ2) is 4.60. The molecule has 0 amide bonds. The number of carbonyl (C=O) groups is 1. The number of fused-ring (bicyclic) bond motifs is 2. The zero-order chi connectivity index (χ0) is 14.4. The Morgan fingerprint density at radius 3 is 2.47 bits per heavy atom. The number of nitrogens with zero attached hydrogens (tertiary/aromatic N) is 1. The van der Waals surface area contributed by atoms with Crippen molar-refractivity contribution >= 4 is 16.2 Å². The lowest BCUT2D eigenvalue weighted by Crippen LogP contribution is -2.47. The summed E-state index contributed by atoms with van der Waals surface area (Å²) in [4.78, 5) is 11.0. The molecular weight excluding hydrogens is 289 g/mol. The number of rotatable bonds is 4. The molecule has 3 atom stereocenters. The van der Waals surface area contributed by atoms with E-state index < -0.39 is 46.9 Å². The van der Waals surface area contributed by atoms with E-state index in [1.807, 2.05) is 0 Å². The Hall–Kier alpha value is -0.870. The number of hydrogen-bond donors (Lipinski definition) is 2. The third-order valence-corrected chi connectivity index (χ3v) is 5.16. The van der Waals surface area contributed by atoms with E-state index in [2.05, 4.69) is 0 Å². The third-order valence-electron chi connectivity index (χ3n) is 3.52. The van der Waals surface area contributed by atoms with Gasteiger partial charge >= 0.3 is 12.1 Å². The minimum Gasteiger partial charge on any atom is -0.481 e. The van der Waals surface area contributed by atoms with E-state index in [-0.39, 0.29) is 6.42 Å². The summed E-state index contributed by atoms with van der Waals surface area (Å²) in [7, 11) is -4.30. The van der Waals surface area contributed by atoms with Gasteiger partial charge in [-0.25, -0.2) is 0 Å². The van der Waals surface area contributed by atoms with Gasteiger partial charge in [0.15, 0.2) is 0 Å². The number of nitrogens with one attached hydrogen (secondary N) is 1. The highest BCUT2D eigenvalue weighted by atomic mass is 32.2. The van der Waals surface area contributed by atoms with Crippen molar-refractivity contribution in [1.82, 2.24) is 9.03 Å². The first-order chi connectivity index (χ1) is 8.62. The quantitative estimate of drug-likeness (QED) is 0.783. The van der Waals surface area contributed by atoms with Gasteiger partial charge in [0.2, 0.25) is 0 Å². The first kappa shape index (κ1) is 14.5. The molecule has 0 aromatic carbocycles. The SMILES string of the molecule is O=C(O)C1CC2CCC1N2S(=O)(=O)NCC(F)(F)F. The lowest BCUT2D eigenvalue weighted by molar-refractivity contribution is -0.142. The zero-order valence-electron chi connectivity index (χ0n) is 9.72. The lowest BCUT2D eigenvalue weighted by Gasteiger charge is -2.23. The molecule has 0 aromatic rings. The molecule has 2 heterocycles. The minimum absolute atomic E-state index is 0.160. The third kappa shape index (κ3) is 2.84. The van der Waals surface area contributed by atoms with Crippen LogP contribution in [0.1, 0.15) is 19.3 Å². The van der Waals surface area contributed by atoms with Crippen LogP contribution in [0, 0.1) is 5.92 Å². The fourth-order valence-corrected chi connectivity index (χ4v) is 4.51. The average Bonchev–Trinajstić information content (AvgIpc) is 2.83. The number of hydrogen-bond acceptors (Lipinski definition) is 3. The molecule has 0 aromatic heterocycles. The summed E-state index contributed by atoms with van der Waals surface area (Å²) in [5.41, 5.74) is 0. The van der Waals surface area contributed by atoms with E-state index >= 15 is 0 Å². The van der Waals surface area contributed by atoms with Gasteiger partial charge in [-0.05, 0) is 19.3 Å². The van der Waals surface area contributed by atoms with Crippen molar-refractivity contribution in [3.63, 3.8) is 0 Å². The second-order valence-electron chi connectivity index (χ2n) is 4.75. The summed E-state index contributed by atoms with van der Waals surface area (Å²) < 4.78 is 62.2. The van der Waals surface area contributed by atoms with Crippen LogP contribution in [0.5, 0.6) is 0 Å². The van der Waals surface area contributed by atoms with Gasteiger partial charge in [0.25, 0.3) is 10.2 Å². The van der Waals surface area contributed by atoms with E-state index in [0.29, 0.717) is 12.8 Å². The molecule has 0 saturated carbocycles. The van der Waals surface area contributed by atoms with Crippen LogP contribution in [0.4, 0.5) is 13.2 Å². The molecule has 19 heavy (non-hydrogen) atoms. The maximum absolute atomic E-state index is 12.0. The monoisotopic (exact) mass is 302 g/mol. The molecule has 2 aliphatic rings. The van der Waals surface area contributed by atoms with Crippen LogP contribution >= 0.6 is 0 Å². The molecule has 0 radical (unpaired) electrons. The number of carboxylic acids is 1. The van der Waals surface area contributed by atoms with Crippen LogP contribution in [-0.2, 0) is 15.0 Å². The highest BCUT2D eigenvalue weighted by Gasteiger charge is 2.54. The molecule has 0 spiro atoms. The first-order valence-electron chi connectivity index (χ1n) is 5.69. The van der Waals surface area contributed by atoms with E-state index in [1.165, 1.54) is 4.72 Å². The topological polar surface area (TPSA) is 86.7 Å². The molecule has 10 heteroatoms. The van der Waals surface area contributed by atoms with E-state index in [4.69, 9.17) is 5.11 Å². The zero-order valence-corrected chi connectivity index (χ0v) is 10.5. The smallest absolute Gasteiger partial charge is 0.402 e. The average molecular weight is 302 g/mol. The molecule has 2 rings (SSSR count). The van der Waals surface area contributed by atoms with Crippen LogP contribution in [0.25, 0.3) is 0 Å². The van der Waals surface area contributed by atoms with Gasteiger partial charge in [-0.15, -0.1) is 0 Å². The van der Waals surface area contributed by atoms with E-state index in [1.54, 1.807) is 0 Å². The molecule has 3 unspecified atom stereocenters. The summed E-state index contributed by atoms with van der Waals surface area (Å²) in [6.07, 6.45) is -3.62. The van der Waals surface area contributed by atoms with E-state index in [9.17, 15) is 26.4 Å². The summed E-state index contributed by atoms with van der Waals surface area (Å²) in [6, 6.07) is -1.26. The Balaban J connectivity index is 2.12. The van der Waals surface area contributed by atoms with Crippen LogP contribution in [0.2, 0.25) is 0 Å². The van der Waals surface area contributed by atoms with Gasteiger partial charge in [0.05, 0.1) is 5.92 Å². The number of carboxylic acid groups (broad SMARTS) is 1. The van der Waals surface area contributed by atoms with Crippen molar-refractivity contribution in [3.8, 4) is 0 Å². The maximum atomic E-state index is 12.0. The van der Waals surface area contributed by atoms with Gasteiger partial charge in [-0.3, -0.25) is 4.79 Å². The fraction of sp³-hybridized carbons (Fsp3) is 0.889. The minimum atomic E-state index is -4.64. The van der Waals surface area contributed by atoms with Crippen LogP contribution < -0.4 is 4.72 Å². The predicted molar refractivity (Wildman–Crippen MR) is 57.4 cm³/mol. The standard InChI is InChI=1S/C9H13F3N2O4S/c10-9(11,12)4-13-19(17,18)14-5-1-2-7(14)6(3-5)8(15)16/h5-7,13H,1-4H2,(H,15,16). The van der Waals surface area contributed by atoms with Crippen molar-refractivity contribution in [2.45, 2.75) is 37.5 Å². The maximum Gasteiger partial charge on any atom is 0.402 e. The van der Waals surface area contributed by atoms with Crippen molar-refractivity contribution in [1.29, 1.82) is 0 Å². The molecule has 2 fully saturated rings. The second-order valence-corrected chi connectivity index (χ2v) is 6.41. The van der Waals surface area contributed by atoms with E-state index in [0.717, 1.165) is 4.31 Å². The number of halogens is 3. The molecule has 2 aliphatic heterocycles. The Kier molecular flexibility index (Phi) is 3.52. The largest absolute Gasteiger partial charge is 0.481 e. The Labute approximate surface area is 107 Å². The molecule has 2 bridgehead atoms. The summed E-state index contributed by atoms with van der Waals surface area (Å²) >= 11 is 0. The Bertz CT molecular complexity index is 478. The Morgan fingerprint density at radius 1 is 1.37 bits per heavy atom. The number of aliphatic carboxylic acids is 1. The first-order valence-corrected chi connectivity index (χ1v) is 7.13. The lowest BCUT2D eigenvalue weighted by atomic mass is 9.89. The molecule has 2 N–H and O–H groups in total. The van der Waals surface area contributed by atoms with Crippen molar-refractivity contribution < 1.29 is 31.5 Å². The van der Waals surface area contributed by atoms with Crippen LogP contribution in [-0.4, -0.2) is 48.6 Å². The molecule has 0 aliphatic carbocycles. The van der Waals surface area contributed by atoms with Crippen molar-refractivity contribution in [2.75, 3.05) is 6.54 Å². The summed E-state index contributed by atoms with van der Waals surface area (Å²) in [5.74, 6) is -1.94. The summed E-state index contributed by atoms with van der Waals surface area (Å²) in [6.45, 7) is -1.65. The van der Waals surface area contributed by atoms with Crippen molar-refractivity contribution in [2.24, 2.45) is 5.92 Å². The van der Waals surface area contributed by atoms with Crippen LogP contribution in [0.15, 0.2) is 0 Å². The van der Waals surface area contributed by atoms with Gasteiger partial charge in [0.1, 0.15) is 6.54 Å².